The Bertz CT molecular complexity index is 524. The lowest BCUT2D eigenvalue weighted by Gasteiger charge is -2.11. The number of hydrogen-bond acceptors (Lipinski definition) is 3. The van der Waals surface area contributed by atoms with E-state index in [-0.39, 0.29) is 5.97 Å². The topological polar surface area (TPSA) is 31.2 Å². The maximum absolute atomic E-state index is 11.9. The van der Waals surface area contributed by atoms with Crippen LogP contribution in [0, 0.1) is 5.92 Å². The van der Waals surface area contributed by atoms with Crippen molar-refractivity contribution in [3.8, 4) is 0 Å². The van der Waals surface area contributed by atoms with E-state index in [1.54, 1.807) is 11.3 Å². The summed E-state index contributed by atoms with van der Waals surface area (Å²) in [6.45, 7) is 7.39. The fourth-order valence-corrected chi connectivity index (χ4v) is 2.80. The van der Waals surface area contributed by atoms with Gasteiger partial charge in [-0.25, -0.2) is 4.79 Å². The van der Waals surface area contributed by atoms with Crippen molar-refractivity contribution in [3.63, 3.8) is 0 Å². The Morgan fingerprint density at radius 1 is 1.53 bits per heavy atom. The lowest BCUT2D eigenvalue weighted by atomic mass is 10.2. The summed E-state index contributed by atoms with van der Waals surface area (Å²) in [5.74, 6) is 0.275. The second-order valence-electron chi connectivity index (χ2n) is 4.44. The molecule has 0 amide bonds. The van der Waals surface area contributed by atoms with Gasteiger partial charge >= 0.3 is 5.97 Å². The first kappa shape index (κ1) is 12.2. The highest BCUT2D eigenvalue weighted by atomic mass is 32.1. The van der Waals surface area contributed by atoms with Gasteiger partial charge in [-0.05, 0) is 30.4 Å². The number of rotatable bonds is 4. The Morgan fingerprint density at radius 2 is 2.29 bits per heavy atom. The quantitative estimate of drug-likeness (QED) is 0.778. The highest BCUT2D eigenvalue weighted by Crippen LogP contribution is 2.26. The van der Waals surface area contributed by atoms with Crippen molar-refractivity contribution < 1.29 is 9.53 Å². The molecule has 2 rings (SSSR count). The number of carbonyl (C=O) groups is 1. The molecule has 0 bridgehead atoms. The Hall–Kier alpha value is -1.29. The standard InChI is InChI=1S/C13H17NO2S/c1-4-16-13(15)11-7-10-5-6-17-12(10)14(11)8-9(2)3/h5-7,9H,4,8H2,1-3H3. The second kappa shape index (κ2) is 4.92. The summed E-state index contributed by atoms with van der Waals surface area (Å²) in [7, 11) is 0. The van der Waals surface area contributed by atoms with Crippen molar-refractivity contribution in [1.29, 1.82) is 0 Å². The SMILES string of the molecule is CCOC(=O)c1cc2ccsc2n1CC(C)C. The average Bonchev–Trinajstić information content (AvgIpc) is 2.80. The maximum atomic E-state index is 11.9. The van der Waals surface area contributed by atoms with E-state index in [0.717, 1.165) is 16.8 Å². The van der Waals surface area contributed by atoms with Crippen molar-refractivity contribution in [1.82, 2.24) is 4.57 Å². The summed E-state index contributed by atoms with van der Waals surface area (Å²) in [5.41, 5.74) is 0.669. The molecule has 0 aromatic carbocycles. The Kier molecular flexibility index (Phi) is 3.52. The molecule has 17 heavy (non-hydrogen) atoms. The summed E-state index contributed by atoms with van der Waals surface area (Å²) in [6, 6.07) is 3.96. The Morgan fingerprint density at radius 3 is 2.94 bits per heavy atom. The third-order valence-electron chi connectivity index (χ3n) is 2.53. The van der Waals surface area contributed by atoms with E-state index in [4.69, 9.17) is 4.74 Å². The van der Waals surface area contributed by atoms with Gasteiger partial charge in [-0.3, -0.25) is 0 Å². The summed E-state index contributed by atoms with van der Waals surface area (Å²) in [5, 5.41) is 3.18. The third-order valence-corrected chi connectivity index (χ3v) is 3.49. The highest BCUT2D eigenvalue weighted by molar-refractivity contribution is 7.16. The molecule has 0 aliphatic carbocycles. The molecule has 0 aliphatic rings. The van der Waals surface area contributed by atoms with Gasteiger partial charge in [0.25, 0.3) is 0 Å². The monoisotopic (exact) mass is 251 g/mol. The van der Waals surface area contributed by atoms with Gasteiger partial charge in [-0.2, -0.15) is 0 Å². The minimum Gasteiger partial charge on any atom is -0.461 e. The number of esters is 1. The minimum absolute atomic E-state index is 0.225. The summed E-state index contributed by atoms with van der Waals surface area (Å²) >= 11 is 1.67. The molecule has 2 heterocycles. The van der Waals surface area contributed by atoms with Crippen LogP contribution in [0.25, 0.3) is 10.2 Å². The molecule has 0 saturated heterocycles. The van der Waals surface area contributed by atoms with Crippen LogP contribution in [0.15, 0.2) is 17.5 Å². The Labute approximate surface area is 105 Å². The molecule has 0 fully saturated rings. The van der Waals surface area contributed by atoms with Gasteiger partial charge in [-0.1, -0.05) is 13.8 Å². The molecule has 92 valence electrons. The molecule has 0 atom stereocenters. The molecule has 2 aromatic heterocycles. The number of thiophene rings is 1. The molecule has 0 N–H and O–H groups in total. The van der Waals surface area contributed by atoms with Gasteiger partial charge in [0.15, 0.2) is 0 Å². The van der Waals surface area contributed by atoms with Crippen LogP contribution < -0.4 is 0 Å². The smallest absolute Gasteiger partial charge is 0.354 e. The largest absolute Gasteiger partial charge is 0.461 e. The second-order valence-corrected chi connectivity index (χ2v) is 5.33. The number of aromatic nitrogens is 1. The van der Waals surface area contributed by atoms with Crippen molar-refractivity contribution in [2.45, 2.75) is 27.3 Å². The van der Waals surface area contributed by atoms with Crippen molar-refractivity contribution in [2.75, 3.05) is 6.61 Å². The first-order chi connectivity index (χ1) is 8.13. The van der Waals surface area contributed by atoms with E-state index < -0.39 is 0 Å². The molecular formula is C13H17NO2S. The normalized spacial score (nSPS) is 11.3. The molecular weight excluding hydrogens is 234 g/mol. The molecule has 0 saturated carbocycles. The molecule has 0 unspecified atom stereocenters. The fourth-order valence-electron chi connectivity index (χ4n) is 1.90. The Balaban J connectivity index is 2.45. The zero-order chi connectivity index (χ0) is 12.4. The van der Waals surface area contributed by atoms with Gasteiger partial charge < -0.3 is 9.30 Å². The van der Waals surface area contributed by atoms with Crippen LogP contribution in [0.2, 0.25) is 0 Å². The average molecular weight is 251 g/mol. The number of fused-ring (bicyclic) bond motifs is 1. The fraction of sp³-hybridized carbons (Fsp3) is 0.462. The maximum Gasteiger partial charge on any atom is 0.354 e. The van der Waals surface area contributed by atoms with Crippen LogP contribution in [0.1, 0.15) is 31.3 Å². The van der Waals surface area contributed by atoms with E-state index in [9.17, 15) is 4.79 Å². The van der Waals surface area contributed by atoms with Crippen LogP contribution in [0.4, 0.5) is 0 Å². The summed E-state index contributed by atoms with van der Waals surface area (Å²) < 4.78 is 7.17. The van der Waals surface area contributed by atoms with Gasteiger partial charge in [0.2, 0.25) is 0 Å². The van der Waals surface area contributed by atoms with Crippen molar-refractivity contribution in [2.24, 2.45) is 5.92 Å². The van der Waals surface area contributed by atoms with Gasteiger partial charge in [0.1, 0.15) is 10.5 Å². The number of hydrogen-bond donors (Lipinski definition) is 0. The zero-order valence-corrected chi connectivity index (χ0v) is 11.2. The van der Waals surface area contributed by atoms with Crippen LogP contribution in [-0.4, -0.2) is 17.1 Å². The lowest BCUT2D eigenvalue weighted by Crippen LogP contribution is -2.14. The van der Waals surface area contributed by atoms with E-state index >= 15 is 0 Å². The third kappa shape index (κ3) is 2.36. The van der Waals surface area contributed by atoms with E-state index in [0.29, 0.717) is 18.2 Å². The molecule has 2 aromatic rings. The lowest BCUT2D eigenvalue weighted by molar-refractivity contribution is 0.0513. The highest BCUT2D eigenvalue weighted by Gasteiger charge is 2.17. The van der Waals surface area contributed by atoms with Crippen LogP contribution in [0.5, 0.6) is 0 Å². The van der Waals surface area contributed by atoms with Crippen LogP contribution in [-0.2, 0) is 11.3 Å². The van der Waals surface area contributed by atoms with E-state index in [1.807, 2.05) is 19.1 Å². The number of carbonyl (C=O) groups excluding carboxylic acids is 1. The summed E-state index contributed by atoms with van der Waals surface area (Å²) in [6.07, 6.45) is 0. The molecule has 0 radical (unpaired) electrons. The number of nitrogens with zero attached hydrogens (tertiary/aromatic N) is 1. The van der Waals surface area contributed by atoms with Crippen LogP contribution >= 0.6 is 11.3 Å². The zero-order valence-electron chi connectivity index (χ0n) is 10.4. The minimum atomic E-state index is -0.225. The predicted molar refractivity (Wildman–Crippen MR) is 70.6 cm³/mol. The van der Waals surface area contributed by atoms with E-state index in [1.165, 1.54) is 0 Å². The van der Waals surface area contributed by atoms with Crippen molar-refractivity contribution >= 4 is 27.5 Å². The first-order valence-electron chi connectivity index (χ1n) is 5.87. The van der Waals surface area contributed by atoms with Gasteiger partial charge in [0, 0.05) is 11.9 Å². The van der Waals surface area contributed by atoms with Crippen LogP contribution in [0.3, 0.4) is 0 Å². The number of ether oxygens (including phenoxy) is 1. The van der Waals surface area contributed by atoms with Gasteiger partial charge in [-0.15, -0.1) is 11.3 Å². The van der Waals surface area contributed by atoms with Gasteiger partial charge in [0.05, 0.1) is 6.61 Å². The molecule has 4 heteroatoms. The summed E-state index contributed by atoms with van der Waals surface area (Å²) in [4.78, 5) is 13.0. The van der Waals surface area contributed by atoms with E-state index in [2.05, 4.69) is 23.8 Å². The molecule has 3 nitrogen and oxygen atoms in total. The molecule has 0 aliphatic heterocycles. The first-order valence-corrected chi connectivity index (χ1v) is 6.75. The predicted octanol–water partition coefficient (Wildman–Crippen LogP) is 3.54. The van der Waals surface area contributed by atoms with Crippen molar-refractivity contribution in [3.05, 3.63) is 23.2 Å². The molecule has 0 spiro atoms.